The summed E-state index contributed by atoms with van der Waals surface area (Å²) < 4.78 is 22.6. The Hall–Kier alpha value is -2.57. The fourth-order valence-electron chi connectivity index (χ4n) is 8.85. The van der Waals surface area contributed by atoms with E-state index in [0.29, 0.717) is 6.42 Å². The molecule has 1 amide bonds. The second-order valence-corrected chi connectivity index (χ2v) is 19.7. The molecule has 416 valence electrons. The fraction of sp³-hybridized carbons (Fsp3) is 0.776. The zero-order chi connectivity index (χ0) is 52.4. The molecule has 0 saturated carbocycles. The van der Waals surface area contributed by atoms with Gasteiger partial charge in [0.2, 0.25) is 5.91 Å². The Morgan fingerprint density at radius 2 is 0.958 bits per heavy atom. The summed E-state index contributed by atoms with van der Waals surface area (Å²) in [4.78, 5) is 13.1. The number of carbonyl (C=O) groups is 1. The van der Waals surface area contributed by atoms with Gasteiger partial charge in [-0.05, 0) is 64.2 Å². The fourth-order valence-corrected chi connectivity index (χ4v) is 8.85. The monoisotopic (exact) mass is 1020 g/mol. The zero-order valence-corrected chi connectivity index (χ0v) is 44.4. The number of aliphatic hydroxyl groups excluding tert-OH is 8. The van der Waals surface area contributed by atoms with E-state index in [1.807, 2.05) is 6.08 Å². The third-order valence-corrected chi connectivity index (χ3v) is 13.4. The van der Waals surface area contributed by atoms with Gasteiger partial charge in [-0.15, -0.1) is 0 Å². The van der Waals surface area contributed by atoms with E-state index in [9.17, 15) is 45.6 Å². The second-order valence-electron chi connectivity index (χ2n) is 19.7. The molecule has 2 heterocycles. The van der Waals surface area contributed by atoms with Crippen molar-refractivity contribution in [3.8, 4) is 0 Å². The molecule has 0 bridgehead atoms. The van der Waals surface area contributed by atoms with Crippen molar-refractivity contribution in [1.29, 1.82) is 0 Å². The van der Waals surface area contributed by atoms with Gasteiger partial charge in [0.15, 0.2) is 12.6 Å². The van der Waals surface area contributed by atoms with Crippen LogP contribution < -0.4 is 5.32 Å². The van der Waals surface area contributed by atoms with E-state index in [4.69, 9.17) is 18.9 Å². The van der Waals surface area contributed by atoms with Gasteiger partial charge >= 0.3 is 0 Å². The minimum atomic E-state index is -1.79. The maximum atomic E-state index is 13.1. The molecule has 0 spiro atoms. The highest BCUT2D eigenvalue weighted by molar-refractivity contribution is 5.76. The molecule has 0 aromatic carbocycles. The van der Waals surface area contributed by atoms with E-state index in [2.05, 4.69) is 79.9 Å². The topological polar surface area (TPSA) is 228 Å². The van der Waals surface area contributed by atoms with E-state index < -0.39 is 86.8 Å². The first kappa shape index (κ1) is 65.5. The lowest BCUT2D eigenvalue weighted by Crippen LogP contribution is -2.65. The molecule has 12 atom stereocenters. The number of hydrogen-bond donors (Lipinski definition) is 9. The smallest absolute Gasteiger partial charge is 0.220 e. The van der Waals surface area contributed by atoms with Gasteiger partial charge in [0.05, 0.1) is 32.0 Å². The first-order chi connectivity index (χ1) is 35.1. The molecule has 9 N–H and O–H groups in total. The van der Waals surface area contributed by atoms with Crippen LogP contribution in [0.25, 0.3) is 0 Å². The average Bonchev–Trinajstić information content (AvgIpc) is 3.38. The summed E-state index contributed by atoms with van der Waals surface area (Å²) in [5.41, 5.74) is 0. The molecule has 0 radical (unpaired) electrons. The molecular weight excluding hydrogens is 919 g/mol. The Bertz CT molecular complexity index is 1480. The van der Waals surface area contributed by atoms with Crippen LogP contribution in [0.5, 0.6) is 0 Å². The van der Waals surface area contributed by atoms with Gasteiger partial charge in [-0.25, -0.2) is 0 Å². The predicted molar refractivity (Wildman–Crippen MR) is 286 cm³/mol. The Morgan fingerprint density at radius 1 is 0.514 bits per heavy atom. The molecule has 2 rings (SSSR count). The van der Waals surface area contributed by atoms with Crippen LogP contribution >= 0.6 is 0 Å². The molecule has 0 aromatic heterocycles. The summed E-state index contributed by atoms with van der Waals surface area (Å²) in [6, 6.07) is -0.912. The number of ether oxygens (including phenoxy) is 4. The van der Waals surface area contributed by atoms with Gasteiger partial charge in [0.25, 0.3) is 0 Å². The number of carbonyl (C=O) groups excluding carboxylic acids is 1. The van der Waals surface area contributed by atoms with Gasteiger partial charge in [0, 0.05) is 6.42 Å². The standard InChI is InChI=1S/C58H101NO13/c1-3-5-7-9-10-11-12-13-14-15-16-17-18-19-20-21-22-23-24-25-26-27-28-29-30-31-32-33-34-35-36-38-40-42-50(63)59-46(47(62)41-39-37-8-6-4-2)45-69-57-55(68)53(66)56(49(44-61)71-57)72-58-54(67)52(65)51(64)48(43-60)70-58/h5,7,10-11,13-14,16-17,19-20,39,41,46-49,51-58,60-62,64-68H,3-4,6,8-9,12,15,18,21-38,40,42-45H2,1-2H3,(H,59,63)/b7-5-,11-10-,14-13-,17-16-,20-19-,41-39+. The van der Waals surface area contributed by atoms with Crippen LogP contribution in [0.3, 0.4) is 0 Å². The zero-order valence-electron chi connectivity index (χ0n) is 44.4. The molecule has 2 fully saturated rings. The number of amides is 1. The normalized spacial score (nSPS) is 26.1. The van der Waals surface area contributed by atoms with E-state index in [1.54, 1.807) is 6.08 Å². The number of unbranched alkanes of at least 4 members (excludes halogenated alkanes) is 20. The predicted octanol–water partition coefficient (Wildman–Crippen LogP) is 8.77. The summed E-state index contributed by atoms with van der Waals surface area (Å²) in [7, 11) is 0. The molecule has 12 unspecified atom stereocenters. The quantitative estimate of drug-likeness (QED) is 0.0206. The van der Waals surface area contributed by atoms with E-state index in [-0.39, 0.29) is 18.9 Å². The highest BCUT2D eigenvalue weighted by Gasteiger charge is 2.51. The molecule has 14 heteroatoms. The average molecular weight is 1020 g/mol. The molecule has 72 heavy (non-hydrogen) atoms. The lowest BCUT2D eigenvalue weighted by Gasteiger charge is -2.46. The van der Waals surface area contributed by atoms with E-state index in [1.165, 1.54) is 89.9 Å². The second kappa shape index (κ2) is 43.6. The van der Waals surface area contributed by atoms with Crippen LogP contribution in [0.15, 0.2) is 72.9 Å². The van der Waals surface area contributed by atoms with E-state index >= 15 is 0 Å². The number of hydrogen-bond acceptors (Lipinski definition) is 13. The first-order valence-electron chi connectivity index (χ1n) is 28.2. The van der Waals surface area contributed by atoms with Crippen molar-refractivity contribution in [3.63, 3.8) is 0 Å². The van der Waals surface area contributed by atoms with Crippen molar-refractivity contribution in [2.45, 2.75) is 267 Å². The van der Waals surface area contributed by atoms with Gasteiger partial charge in [-0.1, -0.05) is 196 Å². The maximum absolute atomic E-state index is 13.1. The van der Waals surface area contributed by atoms with Crippen LogP contribution in [0.4, 0.5) is 0 Å². The van der Waals surface area contributed by atoms with Crippen LogP contribution in [0.1, 0.15) is 194 Å². The molecule has 0 aliphatic carbocycles. The Morgan fingerprint density at radius 3 is 1.47 bits per heavy atom. The number of aliphatic hydroxyl groups is 8. The van der Waals surface area contributed by atoms with Crippen LogP contribution in [-0.4, -0.2) is 140 Å². The minimum absolute atomic E-state index is 0.249. The van der Waals surface area contributed by atoms with Crippen molar-refractivity contribution >= 4 is 5.91 Å². The summed E-state index contributed by atoms with van der Waals surface area (Å²) in [6.07, 6.45) is 40.3. The number of allylic oxidation sites excluding steroid dienone is 11. The highest BCUT2D eigenvalue weighted by Crippen LogP contribution is 2.30. The molecule has 2 aliphatic heterocycles. The SMILES string of the molecule is CC/C=C\C/C=C\C/C=C\C/C=C\C/C=C\CCCCCCCCCCCCCCCCCCCC(=O)NC(COC1OC(CO)C(OC2OC(CO)C(O)C(O)C2O)C(O)C1O)C(O)/C=C/CCCCC. The van der Waals surface area contributed by atoms with Crippen molar-refractivity contribution < 1.29 is 64.6 Å². The van der Waals surface area contributed by atoms with Crippen LogP contribution in [0, 0.1) is 0 Å². The minimum Gasteiger partial charge on any atom is -0.394 e. The van der Waals surface area contributed by atoms with Gasteiger partial charge in [-0.2, -0.15) is 0 Å². The molecule has 2 saturated heterocycles. The Balaban J connectivity index is 1.55. The van der Waals surface area contributed by atoms with Crippen LogP contribution in [-0.2, 0) is 23.7 Å². The van der Waals surface area contributed by atoms with E-state index in [0.717, 1.165) is 77.0 Å². The number of nitrogens with one attached hydrogen (secondary N) is 1. The van der Waals surface area contributed by atoms with Gasteiger partial charge in [0.1, 0.15) is 48.8 Å². The van der Waals surface area contributed by atoms with Gasteiger partial charge < -0.3 is 65.1 Å². The van der Waals surface area contributed by atoms with Crippen molar-refractivity contribution in [2.24, 2.45) is 0 Å². The third-order valence-electron chi connectivity index (χ3n) is 13.4. The molecule has 0 aromatic rings. The molecular formula is C58H101NO13. The lowest BCUT2D eigenvalue weighted by atomic mass is 9.97. The largest absolute Gasteiger partial charge is 0.394 e. The van der Waals surface area contributed by atoms with Crippen molar-refractivity contribution in [3.05, 3.63) is 72.9 Å². The first-order valence-corrected chi connectivity index (χ1v) is 28.2. The highest BCUT2D eigenvalue weighted by atomic mass is 16.7. The van der Waals surface area contributed by atoms with Crippen molar-refractivity contribution in [1.82, 2.24) is 5.32 Å². The summed E-state index contributed by atoms with van der Waals surface area (Å²) in [6.45, 7) is 2.54. The maximum Gasteiger partial charge on any atom is 0.220 e. The van der Waals surface area contributed by atoms with Gasteiger partial charge in [-0.3, -0.25) is 4.79 Å². The lowest BCUT2D eigenvalue weighted by molar-refractivity contribution is -0.359. The number of rotatable bonds is 43. The Kier molecular flexibility index (Phi) is 39.7. The van der Waals surface area contributed by atoms with Crippen molar-refractivity contribution in [2.75, 3.05) is 19.8 Å². The van der Waals surface area contributed by atoms with Crippen LogP contribution in [0.2, 0.25) is 0 Å². The third kappa shape index (κ3) is 29.5. The molecule has 14 nitrogen and oxygen atoms in total. The summed E-state index contributed by atoms with van der Waals surface area (Å²) in [5, 5.41) is 86.3. The summed E-state index contributed by atoms with van der Waals surface area (Å²) in [5.74, 6) is -0.249. The Labute approximate surface area is 434 Å². The summed E-state index contributed by atoms with van der Waals surface area (Å²) >= 11 is 0. The molecule has 2 aliphatic rings.